The molecular weight excluding hydrogens is 386 g/mol. The van der Waals surface area contributed by atoms with Crippen LogP contribution in [0.1, 0.15) is 46.6 Å². The van der Waals surface area contributed by atoms with E-state index >= 15 is 0 Å². The van der Waals surface area contributed by atoms with Gasteiger partial charge in [-0.2, -0.15) is 0 Å². The van der Waals surface area contributed by atoms with Crippen LogP contribution >= 0.6 is 11.3 Å². The molecule has 2 heterocycles. The number of carbonyl (C=O) groups is 2. The van der Waals surface area contributed by atoms with E-state index in [2.05, 4.69) is 15.6 Å². The number of hydrogen-bond acceptors (Lipinski definition) is 4. The number of halogens is 2. The summed E-state index contributed by atoms with van der Waals surface area (Å²) in [7, 11) is 0. The molecule has 1 saturated carbocycles. The van der Waals surface area contributed by atoms with Gasteiger partial charge >= 0.3 is 6.03 Å². The Bertz CT molecular complexity index is 891. The predicted molar refractivity (Wildman–Crippen MR) is 101 cm³/mol. The molecular formula is C19H20F2N4O2S. The molecule has 0 unspecified atom stereocenters. The van der Waals surface area contributed by atoms with Crippen molar-refractivity contribution >= 4 is 28.4 Å². The molecule has 9 heteroatoms. The number of rotatable bonds is 3. The minimum Gasteiger partial charge on any atom is -0.335 e. The number of benzene rings is 1. The summed E-state index contributed by atoms with van der Waals surface area (Å²) in [5.41, 5.74) is 0.268. The molecule has 4 rings (SSSR count). The monoisotopic (exact) mass is 406 g/mol. The Morgan fingerprint density at radius 3 is 2.61 bits per heavy atom. The van der Waals surface area contributed by atoms with Gasteiger partial charge < -0.3 is 10.2 Å². The quantitative estimate of drug-likeness (QED) is 0.817. The first-order valence-corrected chi connectivity index (χ1v) is 10.1. The fraction of sp³-hybridized carbons (Fsp3) is 0.421. The molecule has 1 aromatic carbocycles. The van der Waals surface area contributed by atoms with E-state index in [0.29, 0.717) is 18.1 Å². The first-order chi connectivity index (χ1) is 13.5. The summed E-state index contributed by atoms with van der Waals surface area (Å²) in [6.45, 7) is 0.530. The third-order valence-electron chi connectivity index (χ3n) is 5.11. The number of nitrogens with zero attached hydrogens (tertiary/aromatic N) is 2. The summed E-state index contributed by atoms with van der Waals surface area (Å²) in [5.74, 6) is -2.42. The van der Waals surface area contributed by atoms with E-state index in [9.17, 15) is 18.4 Å². The van der Waals surface area contributed by atoms with E-state index < -0.39 is 23.1 Å². The number of amides is 3. The summed E-state index contributed by atoms with van der Waals surface area (Å²) in [4.78, 5) is 31.3. The molecule has 0 radical (unpaired) electrons. The molecule has 28 heavy (non-hydrogen) atoms. The predicted octanol–water partition coefficient (Wildman–Crippen LogP) is 3.68. The highest BCUT2D eigenvalue weighted by atomic mass is 32.1. The van der Waals surface area contributed by atoms with Gasteiger partial charge in [0.05, 0.1) is 12.2 Å². The second kappa shape index (κ2) is 7.83. The molecule has 0 bridgehead atoms. The van der Waals surface area contributed by atoms with Crippen LogP contribution in [0, 0.1) is 11.6 Å². The van der Waals surface area contributed by atoms with Crippen molar-refractivity contribution in [2.75, 3.05) is 11.9 Å². The van der Waals surface area contributed by atoms with Crippen molar-refractivity contribution in [1.29, 1.82) is 0 Å². The SMILES string of the molecule is O=C(Nc1nc2c(s1)CN(C(=O)c1c(F)cccc1F)CC2)NC1CCCC1. The van der Waals surface area contributed by atoms with Crippen molar-refractivity contribution in [2.45, 2.75) is 44.7 Å². The van der Waals surface area contributed by atoms with Crippen molar-refractivity contribution in [3.8, 4) is 0 Å². The van der Waals surface area contributed by atoms with Gasteiger partial charge in [-0.1, -0.05) is 30.2 Å². The van der Waals surface area contributed by atoms with Crippen LogP contribution in [0.4, 0.5) is 18.7 Å². The molecule has 3 amide bonds. The third kappa shape index (κ3) is 3.84. The Morgan fingerprint density at radius 2 is 1.89 bits per heavy atom. The maximum Gasteiger partial charge on any atom is 0.321 e. The molecule has 2 aliphatic rings. The van der Waals surface area contributed by atoms with Gasteiger partial charge in [-0.15, -0.1) is 0 Å². The van der Waals surface area contributed by atoms with Crippen LogP contribution in [-0.2, 0) is 13.0 Å². The molecule has 2 aromatic rings. The molecule has 1 fully saturated rings. The zero-order valence-corrected chi connectivity index (χ0v) is 16.0. The first-order valence-electron chi connectivity index (χ1n) is 9.30. The second-order valence-corrected chi connectivity index (χ2v) is 8.13. The lowest BCUT2D eigenvalue weighted by Gasteiger charge is -2.26. The first kappa shape index (κ1) is 18.8. The van der Waals surface area contributed by atoms with Crippen LogP contribution in [0.15, 0.2) is 18.2 Å². The van der Waals surface area contributed by atoms with Crippen LogP contribution in [0.25, 0.3) is 0 Å². The Hall–Kier alpha value is -2.55. The van der Waals surface area contributed by atoms with Gasteiger partial charge in [0.2, 0.25) is 0 Å². The Labute approximate surface area is 164 Å². The Morgan fingerprint density at radius 1 is 1.18 bits per heavy atom. The summed E-state index contributed by atoms with van der Waals surface area (Å²) in [6.07, 6.45) is 4.71. The fourth-order valence-corrected chi connectivity index (χ4v) is 4.69. The molecule has 0 spiro atoms. The number of anilines is 1. The number of thiazole rings is 1. The van der Waals surface area contributed by atoms with E-state index in [0.717, 1.165) is 48.4 Å². The zero-order chi connectivity index (χ0) is 19.7. The lowest BCUT2D eigenvalue weighted by atomic mass is 10.1. The average Bonchev–Trinajstić information content (AvgIpc) is 3.29. The van der Waals surface area contributed by atoms with Crippen LogP contribution in [0.2, 0.25) is 0 Å². The lowest BCUT2D eigenvalue weighted by molar-refractivity contribution is 0.0726. The second-order valence-electron chi connectivity index (χ2n) is 7.04. The number of nitrogens with one attached hydrogen (secondary N) is 2. The van der Waals surface area contributed by atoms with Crippen molar-refractivity contribution in [1.82, 2.24) is 15.2 Å². The highest BCUT2D eigenvalue weighted by Crippen LogP contribution is 2.29. The Kier molecular flexibility index (Phi) is 5.25. The topological polar surface area (TPSA) is 74.3 Å². The maximum absolute atomic E-state index is 13.9. The summed E-state index contributed by atoms with van der Waals surface area (Å²) < 4.78 is 27.8. The number of aromatic nitrogens is 1. The molecule has 2 N–H and O–H groups in total. The summed E-state index contributed by atoms with van der Waals surface area (Å²) >= 11 is 1.28. The molecule has 1 aliphatic carbocycles. The van der Waals surface area contributed by atoms with Crippen molar-refractivity contribution in [2.24, 2.45) is 0 Å². The van der Waals surface area contributed by atoms with Gasteiger partial charge in [-0.25, -0.2) is 18.6 Å². The van der Waals surface area contributed by atoms with Crippen molar-refractivity contribution < 1.29 is 18.4 Å². The summed E-state index contributed by atoms with van der Waals surface area (Å²) in [6, 6.07) is 3.30. The number of hydrogen-bond donors (Lipinski definition) is 2. The van der Waals surface area contributed by atoms with Crippen LogP contribution in [-0.4, -0.2) is 34.4 Å². The van der Waals surface area contributed by atoms with Gasteiger partial charge in [-0.05, 0) is 25.0 Å². The van der Waals surface area contributed by atoms with Crippen molar-refractivity contribution in [3.63, 3.8) is 0 Å². The van der Waals surface area contributed by atoms with Gasteiger partial charge in [0.15, 0.2) is 5.13 Å². The van der Waals surface area contributed by atoms with Gasteiger partial charge in [0.1, 0.15) is 17.2 Å². The van der Waals surface area contributed by atoms with E-state index in [4.69, 9.17) is 0 Å². The number of urea groups is 1. The lowest BCUT2D eigenvalue weighted by Crippen LogP contribution is -2.36. The normalized spacial score (nSPS) is 16.7. The molecule has 1 aromatic heterocycles. The van der Waals surface area contributed by atoms with E-state index in [1.165, 1.54) is 22.3 Å². The highest BCUT2D eigenvalue weighted by Gasteiger charge is 2.28. The largest absolute Gasteiger partial charge is 0.335 e. The highest BCUT2D eigenvalue weighted by molar-refractivity contribution is 7.15. The number of carbonyl (C=O) groups excluding carboxylic acids is 2. The van der Waals surface area contributed by atoms with E-state index in [-0.39, 0.29) is 18.6 Å². The standard InChI is InChI=1S/C19H20F2N4O2S/c20-12-6-3-7-13(21)16(12)17(26)25-9-8-14-15(10-25)28-19(23-14)24-18(27)22-11-4-1-2-5-11/h3,6-7,11H,1-2,4-5,8-10H2,(H2,22,23,24,27). The minimum absolute atomic E-state index is 0.207. The fourth-order valence-electron chi connectivity index (χ4n) is 3.67. The van der Waals surface area contributed by atoms with Crippen molar-refractivity contribution in [3.05, 3.63) is 46.0 Å². The summed E-state index contributed by atoms with van der Waals surface area (Å²) in [5, 5.41) is 6.16. The van der Waals surface area contributed by atoms with Crippen LogP contribution in [0.3, 0.4) is 0 Å². The molecule has 6 nitrogen and oxygen atoms in total. The molecule has 1 aliphatic heterocycles. The smallest absolute Gasteiger partial charge is 0.321 e. The average molecular weight is 406 g/mol. The van der Waals surface area contributed by atoms with E-state index in [1.54, 1.807) is 0 Å². The zero-order valence-electron chi connectivity index (χ0n) is 15.1. The van der Waals surface area contributed by atoms with Gasteiger partial charge in [0, 0.05) is 23.9 Å². The molecule has 0 saturated heterocycles. The van der Waals surface area contributed by atoms with Crippen LogP contribution in [0.5, 0.6) is 0 Å². The maximum atomic E-state index is 13.9. The van der Waals surface area contributed by atoms with Gasteiger partial charge in [0.25, 0.3) is 5.91 Å². The Balaban J connectivity index is 1.43. The minimum atomic E-state index is -0.869. The molecule has 0 atom stereocenters. The van der Waals surface area contributed by atoms with E-state index in [1.807, 2.05) is 0 Å². The van der Waals surface area contributed by atoms with Gasteiger partial charge in [-0.3, -0.25) is 10.1 Å². The van der Waals surface area contributed by atoms with Crippen LogP contribution < -0.4 is 10.6 Å². The number of fused-ring (bicyclic) bond motifs is 1. The third-order valence-corrected chi connectivity index (χ3v) is 6.10. The molecule has 148 valence electrons.